The van der Waals surface area contributed by atoms with Gasteiger partial charge in [0.25, 0.3) is 5.91 Å². The molecule has 0 bridgehead atoms. The van der Waals surface area contributed by atoms with Crippen LogP contribution in [0.15, 0.2) is 26.4 Å². The number of carbonyl (C=O) groups is 1. The van der Waals surface area contributed by atoms with Gasteiger partial charge in [-0.15, -0.1) is 11.3 Å². The molecule has 0 saturated heterocycles. The summed E-state index contributed by atoms with van der Waals surface area (Å²) in [5.74, 6) is 1.91. The zero-order valence-electron chi connectivity index (χ0n) is 12.3. The second-order valence-corrected chi connectivity index (χ2v) is 8.87. The van der Waals surface area contributed by atoms with Crippen LogP contribution in [-0.2, 0) is 6.42 Å². The summed E-state index contributed by atoms with van der Waals surface area (Å²) in [5.41, 5.74) is 1.27. The molecule has 2 heterocycles. The van der Waals surface area contributed by atoms with Crippen molar-refractivity contribution in [3.8, 4) is 0 Å². The molecular formula is C16H18BrNO2S. The first-order valence-corrected chi connectivity index (χ1v) is 8.60. The van der Waals surface area contributed by atoms with E-state index in [-0.39, 0.29) is 17.4 Å². The molecule has 3 nitrogen and oxygen atoms in total. The van der Waals surface area contributed by atoms with Gasteiger partial charge in [0.1, 0.15) is 11.5 Å². The smallest absolute Gasteiger partial charge is 0.261 e. The summed E-state index contributed by atoms with van der Waals surface area (Å²) < 4.78 is 6.78. The van der Waals surface area contributed by atoms with Gasteiger partial charge in [0.2, 0.25) is 0 Å². The van der Waals surface area contributed by atoms with Gasteiger partial charge in [-0.3, -0.25) is 4.79 Å². The normalized spacial score (nSPS) is 20.1. The van der Waals surface area contributed by atoms with Gasteiger partial charge in [0.15, 0.2) is 0 Å². The van der Waals surface area contributed by atoms with Crippen molar-refractivity contribution in [2.24, 2.45) is 5.41 Å². The van der Waals surface area contributed by atoms with Crippen molar-refractivity contribution in [2.75, 3.05) is 0 Å². The number of amides is 1. The quantitative estimate of drug-likeness (QED) is 0.823. The van der Waals surface area contributed by atoms with Gasteiger partial charge in [-0.2, -0.15) is 0 Å². The van der Waals surface area contributed by atoms with Crippen LogP contribution in [0, 0.1) is 12.3 Å². The van der Waals surface area contributed by atoms with Crippen molar-refractivity contribution in [3.05, 3.63) is 43.9 Å². The minimum atomic E-state index is -0.0156. The highest BCUT2D eigenvalue weighted by molar-refractivity contribution is 9.11. The summed E-state index contributed by atoms with van der Waals surface area (Å²) in [6.45, 7) is 6.39. The maximum Gasteiger partial charge on any atom is 0.261 e. The van der Waals surface area contributed by atoms with Crippen LogP contribution in [0.25, 0.3) is 0 Å². The lowest BCUT2D eigenvalue weighted by molar-refractivity contribution is 0.0921. The first-order chi connectivity index (χ1) is 9.84. The highest BCUT2D eigenvalue weighted by atomic mass is 79.9. The molecule has 3 rings (SSSR count). The average molecular weight is 368 g/mol. The third kappa shape index (κ3) is 3.09. The monoisotopic (exact) mass is 367 g/mol. The number of thiophene rings is 1. The summed E-state index contributed by atoms with van der Waals surface area (Å²) in [4.78, 5) is 13.1. The number of nitrogens with one attached hydrogen (secondary N) is 1. The highest BCUT2D eigenvalue weighted by Gasteiger charge is 2.35. The van der Waals surface area contributed by atoms with E-state index in [0.717, 1.165) is 38.6 Å². The lowest BCUT2D eigenvalue weighted by atomic mass is 9.74. The minimum absolute atomic E-state index is 0.0156. The summed E-state index contributed by atoms with van der Waals surface area (Å²) in [5, 5.41) is 3.16. The van der Waals surface area contributed by atoms with Gasteiger partial charge in [-0.25, -0.2) is 0 Å². The molecule has 0 aromatic carbocycles. The zero-order chi connectivity index (χ0) is 15.2. The third-order valence-electron chi connectivity index (χ3n) is 3.84. The molecule has 5 heteroatoms. The van der Waals surface area contributed by atoms with E-state index in [1.807, 2.05) is 19.1 Å². The molecular weight excluding hydrogens is 350 g/mol. The molecule has 1 unspecified atom stereocenters. The van der Waals surface area contributed by atoms with Crippen molar-refractivity contribution in [2.45, 2.75) is 39.7 Å². The van der Waals surface area contributed by atoms with Gasteiger partial charge >= 0.3 is 0 Å². The molecule has 1 amide bonds. The Balaban J connectivity index is 1.86. The van der Waals surface area contributed by atoms with Crippen molar-refractivity contribution >= 4 is 33.2 Å². The van der Waals surface area contributed by atoms with Gasteiger partial charge in [-0.05, 0) is 52.9 Å². The number of carbonyl (C=O) groups excluding carboxylic acids is 1. The van der Waals surface area contributed by atoms with E-state index in [1.54, 1.807) is 0 Å². The van der Waals surface area contributed by atoms with Crippen LogP contribution in [0.3, 0.4) is 0 Å². The van der Waals surface area contributed by atoms with Gasteiger partial charge in [0, 0.05) is 12.0 Å². The molecule has 2 aromatic heterocycles. The van der Waals surface area contributed by atoms with Crippen LogP contribution in [0.4, 0.5) is 0 Å². The molecule has 1 atom stereocenters. The lowest BCUT2D eigenvalue weighted by Gasteiger charge is -2.34. The van der Waals surface area contributed by atoms with Crippen molar-refractivity contribution in [3.63, 3.8) is 0 Å². The fraction of sp³-hybridized carbons (Fsp3) is 0.438. The molecule has 1 N–H and O–H groups in total. The Kier molecular flexibility index (Phi) is 3.74. The van der Waals surface area contributed by atoms with Gasteiger partial charge in [0.05, 0.1) is 14.7 Å². The Bertz CT molecular complexity index is 686. The Morgan fingerprint density at radius 2 is 2.24 bits per heavy atom. The van der Waals surface area contributed by atoms with Crippen LogP contribution >= 0.6 is 27.3 Å². The fourth-order valence-electron chi connectivity index (χ4n) is 2.98. The maximum absolute atomic E-state index is 12.4. The van der Waals surface area contributed by atoms with E-state index in [9.17, 15) is 4.79 Å². The molecule has 0 aliphatic heterocycles. The predicted molar refractivity (Wildman–Crippen MR) is 87.8 cm³/mol. The van der Waals surface area contributed by atoms with Crippen molar-refractivity contribution < 1.29 is 9.21 Å². The Morgan fingerprint density at radius 1 is 1.48 bits per heavy atom. The van der Waals surface area contributed by atoms with E-state index in [1.165, 1.54) is 11.3 Å². The van der Waals surface area contributed by atoms with E-state index in [0.29, 0.717) is 0 Å². The molecule has 0 fully saturated rings. The SMILES string of the molecule is Cc1cc2c(o1)CC(C)(C)CC2NC(=O)c1ccc(Br)s1. The van der Waals surface area contributed by atoms with Crippen molar-refractivity contribution in [1.82, 2.24) is 5.32 Å². The topological polar surface area (TPSA) is 42.2 Å². The predicted octanol–water partition coefficient (Wildman–Crippen LogP) is 4.86. The second kappa shape index (κ2) is 5.29. The molecule has 0 spiro atoms. The standard InChI is InChI=1S/C16H18BrNO2S/c1-9-6-10-11(7-16(2,3)8-12(10)20-9)18-15(19)13-4-5-14(17)21-13/h4-6,11H,7-8H2,1-3H3,(H,18,19). The molecule has 1 aliphatic rings. The molecule has 0 saturated carbocycles. The van der Waals surface area contributed by atoms with E-state index < -0.39 is 0 Å². The van der Waals surface area contributed by atoms with Gasteiger partial charge in [-0.1, -0.05) is 13.8 Å². The van der Waals surface area contributed by atoms with Crippen LogP contribution in [0.1, 0.15) is 53.1 Å². The summed E-state index contributed by atoms with van der Waals surface area (Å²) in [7, 11) is 0. The largest absolute Gasteiger partial charge is 0.466 e. The van der Waals surface area contributed by atoms with E-state index in [2.05, 4.69) is 41.2 Å². The number of hydrogen-bond acceptors (Lipinski definition) is 3. The third-order valence-corrected chi connectivity index (χ3v) is 5.46. The maximum atomic E-state index is 12.4. The van der Waals surface area contributed by atoms with E-state index in [4.69, 9.17) is 4.42 Å². The van der Waals surface area contributed by atoms with Crippen LogP contribution < -0.4 is 5.32 Å². The summed E-state index contributed by atoms with van der Waals surface area (Å²) >= 11 is 4.85. The fourth-order valence-corrected chi connectivity index (χ4v) is 4.27. The number of aryl methyl sites for hydroxylation is 1. The van der Waals surface area contributed by atoms with Crippen LogP contribution in [-0.4, -0.2) is 5.91 Å². The summed E-state index contributed by atoms with van der Waals surface area (Å²) in [6, 6.07) is 5.83. The van der Waals surface area contributed by atoms with Crippen LogP contribution in [0.5, 0.6) is 0 Å². The first kappa shape index (κ1) is 14.9. The highest BCUT2D eigenvalue weighted by Crippen LogP contribution is 2.42. The Hall–Kier alpha value is -1.07. The summed E-state index contributed by atoms with van der Waals surface area (Å²) in [6.07, 6.45) is 1.85. The lowest BCUT2D eigenvalue weighted by Crippen LogP contribution is -2.35. The molecule has 2 aromatic rings. The number of furan rings is 1. The number of hydrogen-bond donors (Lipinski definition) is 1. The van der Waals surface area contributed by atoms with Gasteiger partial charge < -0.3 is 9.73 Å². The number of rotatable bonds is 2. The Morgan fingerprint density at radius 3 is 2.90 bits per heavy atom. The zero-order valence-corrected chi connectivity index (χ0v) is 14.7. The molecule has 0 radical (unpaired) electrons. The first-order valence-electron chi connectivity index (χ1n) is 6.99. The second-order valence-electron chi connectivity index (χ2n) is 6.41. The minimum Gasteiger partial charge on any atom is -0.466 e. The molecule has 112 valence electrons. The Labute approximate surface area is 136 Å². The molecule has 21 heavy (non-hydrogen) atoms. The van der Waals surface area contributed by atoms with Crippen LogP contribution in [0.2, 0.25) is 0 Å². The molecule has 1 aliphatic carbocycles. The average Bonchev–Trinajstić information content (AvgIpc) is 2.93. The van der Waals surface area contributed by atoms with E-state index >= 15 is 0 Å². The number of halogens is 1. The van der Waals surface area contributed by atoms with Crippen molar-refractivity contribution in [1.29, 1.82) is 0 Å². The number of fused-ring (bicyclic) bond motifs is 1.